The molecular weight excluding hydrogens is 1050 g/mol. The highest BCUT2D eigenvalue weighted by atomic mass is 31.3. The number of carbonyl (C=O) groups excluding carboxylic acids is 2. The first-order valence-corrected chi connectivity index (χ1v) is 32.0. The van der Waals surface area contributed by atoms with E-state index in [1.165, 1.54) is 127 Å². The number of nitrogen functional groups attached to an aromatic ring is 1. The molecule has 23 heteroatoms. The fraction of sp³-hybridized carbons (Fsp3) is 0.818. The first-order chi connectivity index (χ1) is 37.3. The first kappa shape index (κ1) is 69.4. The van der Waals surface area contributed by atoms with Crippen LogP contribution in [0, 0.1) is 17.8 Å². The number of hydrogen-bond donors (Lipinski definition) is 8. The second kappa shape index (κ2) is 38.8. The number of unbranched alkanes of at least 4 members (excludes halogenated alkanes) is 19. The molecule has 450 valence electrons. The van der Waals surface area contributed by atoms with E-state index in [2.05, 4.69) is 23.1 Å². The zero-order valence-electron chi connectivity index (χ0n) is 46.7. The predicted molar refractivity (Wildman–Crippen MR) is 295 cm³/mol. The van der Waals surface area contributed by atoms with Crippen LogP contribution in [0.2, 0.25) is 0 Å². The monoisotopic (exact) mass is 1150 g/mol. The molecule has 78 heavy (non-hydrogen) atoms. The van der Waals surface area contributed by atoms with Crippen molar-refractivity contribution in [1.82, 2.24) is 9.55 Å². The van der Waals surface area contributed by atoms with E-state index in [0.29, 0.717) is 19.3 Å². The molecule has 0 radical (unpaired) electrons. The van der Waals surface area contributed by atoms with Gasteiger partial charge in [-0.2, -0.15) is 9.29 Å². The van der Waals surface area contributed by atoms with E-state index in [9.17, 15) is 58.8 Å². The molecule has 13 atom stereocenters. The number of phosphoric acid groups is 2. The number of rotatable bonds is 30. The Bertz CT molecular complexity index is 2050. The summed E-state index contributed by atoms with van der Waals surface area (Å²) in [6, 6.07) is 1.22. The average Bonchev–Trinajstić information content (AvgIpc) is 3.38. The number of allylic oxidation sites excluding steroid dienone is 1. The molecule has 3 heterocycles. The summed E-state index contributed by atoms with van der Waals surface area (Å²) in [5.41, 5.74) is 4.75. The van der Waals surface area contributed by atoms with E-state index in [0.717, 1.165) is 55.2 Å². The van der Waals surface area contributed by atoms with Gasteiger partial charge in [0, 0.05) is 30.9 Å². The lowest BCUT2D eigenvalue weighted by Crippen LogP contribution is -2.52. The summed E-state index contributed by atoms with van der Waals surface area (Å²) < 4.78 is 58.9. The zero-order chi connectivity index (χ0) is 57.4. The van der Waals surface area contributed by atoms with Crippen molar-refractivity contribution in [3.8, 4) is 0 Å². The fourth-order valence-corrected chi connectivity index (χ4v) is 11.8. The normalized spacial score (nSPS) is 29.5. The van der Waals surface area contributed by atoms with Crippen LogP contribution < -0.4 is 11.4 Å². The highest BCUT2D eigenvalue weighted by Crippen LogP contribution is 2.60. The number of esters is 2. The van der Waals surface area contributed by atoms with Crippen molar-refractivity contribution in [3.63, 3.8) is 0 Å². The Balaban J connectivity index is 1.63. The Morgan fingerprint density at radius 1 is 0.782 bits per heavy atom. The lowest BCUT2D eigenvalue weighted by molar-refractivity contribution is -0.194. The fourth-order valence-electron chi connectivity index (χ4n) is 9.66. The van der Waals surface area contributed by atoms with Crippen molar-refractivity contribution in [2.24, 2.45) is 17.8 Å². The molecule has 0 spiro atoms. The third-order valence-corrected chi connectivity index (χ3v) is 17.3. The number of carbonyl (C=O) groups is 2. The number of aliphatic hydroxyl groups excluding tert-OH is 5. The highest BCUT2D eigenvalue weighted by Gasteiger charge is 2.45. The lowest BCUT2D eigenvalue weighted by atomic mass is 9.82. The summed E-state index contributed by atoms with van der Waals surface area (Å²) in [6.45, 7) is 3.81. The van der Waals surface area contributed by atoms with Crippen molar-refractivity contribution in [2.45, 2.75) is 250 Å². The maximum Gasteiger partial charge on any atom is 0.481 e. The molecule has 2 aliphatic rings. The summed E-state index contributed by atoms with van der Waals surface area (Å²) in [4.78, 5) is 64.4. The van der Waals surface area contributed by atoms with Gasteiger partial charge >= 0.3 is 33.3 Å². The molecule has 1 fully saturated rings. The number of nitrogens with zero attached hydrogens (tertiary/aromatic N) is 2. The van der Waals surface area contributed by atoms with E-state index >= 15 is 0 Å². The van der Waals surface area contributed by atoms with E-state index in [1.807, 2.05) is 6.92 Å². The number of nitrogens with two attached hydrogens (primary N) is 1. The summed E-state index contributed by atoms with van der Waals surface area (Å²) in [7, 11) is -11.3. The molecule has 1 aromatic heterocycles. The number of hydrogen-bond acceptors (Lipinski definition) is 18. The van der Waals surface area contributed by atoms with Gasteiger partial charge in [0.1, 0.15) is 30.9 Å². The van der Waals surface area contributed by atoms with Crippen molar-refractivity contribution < 1.29 is 81.6 Å². The highest BCUT2D eigenvalue weighted by molar-refractivity contribution is 7.61. The first-order valence-electron chi connectivity index (χ1n) is 29.0. The van der Waals surface area contributed by atoms with Gasteiger partial charge in [-0.15, -0.1) is 0 Å². The molecular formula is C55H97N3O18P2. The maximum atomic E-state index is 13.3. The molecule has 0 aliphatic carbocycles. The van der Waals surface area contributed by atoms with Crippen LogP contribution in [-0.2, 0) is 46.3 Å². The third kappa shape index (κ3) is 28.7. The molecule has 3 rings (SSSR count). The Kier molecular flexibility index (Phi) is 34.5. The van der Waals surface area contributed by atoms with Gasteiger partial charge in [-0.05, 0) is 31.2 Å². The molecule has 21 nitrogen and oxygen atoms in total. The van der Waals surface area contributed by atoms with Gasteiger partial charge in [0.25, 0.3) is 0 Å². The Morgan fingerprint density at radius 2 is 1.35 bits per heavy atom. The van der Waals surface area contributed by atoms with Gasteiger partial charge in [0.15, 0.2) is 6.10 Å². The third-order valence-electron chi connectivity index (χ3n) is 14.7. The number of ether oxygens (including phenoxy) is 3. The number of fused-ring (bicyclic) bond motifs is 3. The summed E-state index contributed by atoms with van der Waals surface area (Å²) in [5, 5.41) is 57.4. The molecule has 2 bridgehead atoms. The van der Waals surface area contributed by atoms with Gasteiger partial charge in [-0.25, -0.2) is 13.9 Å². The Morgan fingerprint density at radius 3 is 1.92 bits per heavy atom. The second-order valence-electron chi connectivity index (χ2n) is 21.4. The molecule has 0 saturated carbocycles. The van der Waals surface area contributed by atoms with E-state index in [1.54, 1.807) is 0 Å². The van der Waals surface area contributed by atoms with Crippen LogP contribution in [0.3, 0.4) is 0 Å². The lowest BCUT2D eigenvalue weighted by Gasteiger charge is -2.40. The minimum atomic E-state index is -5.70. The van der Waals surface area contributed by atoms with Crippen LogP contribution in [0.25, 0.3) is 0 Å². The summed E-state index contributed by atoms with van der Waals surface area (Å²) in [6.07, 6.45) is 18.7. The number of anilines is 1. The van der Waals surface area contributed by atoms with Crippen molar-refractivity contribution in [1.29, 1.82) is 0 Å². The smallest absolute Gasteiger partial charge is 0.461 e. The second-order valence-corrected chi connectivity index (χ2v) is 24.4. The van der Waals surface area contributed by atoms with Crippen molar-refractivity contribution >= 4 is 33.4 Å². The van der Waals surface area contributed by atoms with E-state index < -0.39 is 120 Å². The van der Waals surface area contributed by atoms with Gasteiger partial charge in [-0.1, -0.05) is 186 Å². The zero-order valence-corrected chi connectivity index (χ0v) is 48.5. The molecule has 1 aromatic rings. The maximum absolute atomic E-state index is 13.3. The van der Waals surface area contributed by atoms with Gasteiger partial charge in [0.2, 0.25) is 0 Å². The Labute approximate surface area is 462 Å². The number of aliphatic hydroxyl groups is 5. The van der Waals surface area contributed by atoms with Crippen LogP contribution in [0.4, 0.5) is 5.82 Å². The standard InChI is InChI=1S/C55H97N3O18P2/c1-4-6-23-29-42(59)33-34-44-46(60)37-47(61)45-30-26-27-31-50(62)71-38-43(74-51(63)32-25-22-20-18-16-14-12-10-8-7-9-11-13-15-17-19-21-24-28-41(3)5-2)39-72-77(67,68)76-78(69,70)73-40-48(53(65)52(44)64)75-54(45)58-36-35-49(56)57-55(58)66/h26-27,33-36,41-48,52-54,59-61,64-65H,4-25,28-32,37-40H2,1-3H3,(H,67,68)(H,69,70)(H2,56,57,66)/b27-26-,34-33+/t41?,42-,43-,44+,45-,46-,47+,48-,52+,53-,54-/m1/s1. The Hall–Kier alpha value is -2.88. The molecule has 1 saturated heterocycles. The van der Waals surface area contributed by atoms with Crippen LogP contribution in [0.5, 0.6) is 0 Å². The van der Waals surface area contributed by atoms with E-state index in [-0.39, 0.29) is 25.1 Å². The van der Waals surface area contributed by atoms with Crippen LogP contribution in [-0.4, -0.2) is 119 Å². The number of phosphoric ester groups is 2. The summed E-state index contributed by atoms with van der Waals surface area (Å²) in [5.74, 6) is -3.56. The predicted octanol–water partition coefficient (Wildman–Crippen LogP) is 9.19. The number of cyclic esters (lactones) is 1. The van der Waals surface area contributed by atoms with Crippen molar-refractivity contribution in [3.05, 3.63) is 47.1 Å². The summed E-state index contributed by atoms with van der Waals surface area (Å²) >= 11 is 0. The SMILES string of the molecule is CCCCC[C@@H](O)/C=C/[C@@H]1[C@H](O)[C@H](O)[C@H]2COP(=O)(O)OP(=O)(O)OC[C@H](OC(=O)CCCCCCCCCCCCCCCCCCCCC(C)CC)COC(=O)C/C=C\C[C@@H]([C@H](n3ccc(N)nc3=O)O2)[C@@H](O)C[C@H]1O. The van der Waals surface area contributed by atoms with Crippen LogP contribution in [0.15, 0.2) is 41.4 Å². The molecule has 0 amide bonds. The topological polar surface area (TPSA) is 326 Å². The molecule has 3 unspecified atom stereocenters. The van der Waals surface area contributed by atoms with Crippen molar-refractivity contribution in [2.75, 3.05) is 25.6 Å². The molecule has 0 aromatic carbocycles. The quantitative estimate of drug-likeness (QED) is 0.0154. The van der Waals surface area contributed by atoms with Gasteiger partial charge in [-0.3, -0.25) is 23.2 Å². The minimum Gasteiger partial charge on any atom is -0.461 e. The number of aromatic nitrogens is 2. The van der Waals surface area contributed by atoms with Crippen LogP contribution in [0.1, 0.15) is 207 Å². The van der Waals surface area contributed by atoms with Gasteiger partial charge < -0.3 is 55.3 Å². The molecule has 9 N–H and O–H groups in total. The minimum absolute atomic E-state index is 0.00997. The van der Waals surface area contributed by atoms with Crippen LogP contribution >= 0.6 is 15.6 Å². The van der Waals surface area contributed by atoms with E-state index in [4.69, 9.17) is 29.0 Å². The van der Waals surface area contributed by atoms with Gasteiger partial charge in [0.05, 0.1) is 44.1 Å². The largest absolute Gasteiger partial charge is 0.481 e. The molecule has 2 aliphatic heterocycles. The average molecular weight is 1150 g/mol.